The minimum Gasteiger partial charge on any atom is -0.495 e. The van der Waals surface area contributed by atoms with Crippen LogP contribution in [0.3, 0.4) is 0 Å². The molecule has 4 heteroatoms. The molecule has 0 aliphatic carbocycles. The van der Waals surface area contributed by atoms with Gasteiger partial charge in [-0.2, -0.15) is 0 Å². The fraction of sp³-hybridized carbons (Fsp3) is 0.118. The fourth-order valence-electron chi connectivity index (χ4n) is 2.38. The third kappa shape index (κ3) is 2.58. The van der Waals surface area contributed by atoms with Crippen LogP contribution in [0.25, 0.3) is 10.8 Å². The highest BCUT2D eigenvalue weighted by atomic mass is 35.5. The largest absolute Gasteiger partial charge is 0.495 e. The number of rotatable bonds is 3. The van der Waals surface area contributed by atoms with E-state index in [1.807, 2.05) is 24.3 Å². The van der Waals surface area contributed by atoms with Crippen LogP contribution < -0.4 is 4.74 Å². The van der Waals surface area contributed by atoms with Crippen molar-refractivity contribution in [1.82, 2.24) is 4.98 Å². The van der Waals surface area contributed by atoms with Crippen molar-refractivity contribution in [3.8, 4) is 5.75 Å². The SMILES string of the molecule is COc1cc(C(O)c2cncc3ccccc23)ccc1Cl. The molecule has 1 atom stereocenters. The van der Waals surface area contributed by atoms with Gasteiger partial charge in [-0.05, 0) is 23.1 Å². The number of fused-ring (bicyclic) bond motifs is 1. The van der Waals surface area contributed by atoms with E-state index in [-0.39, 0.29) is 0 Å². The van der Waals surface area contributed by atoms with E-state index in [1.165, 1.54) is 0 Å². The van der Waals surface area contributed by atoms with Crippen molar-refractivity contribution >= 4 is 22.4 Å². The summed E-state index contributed by atoms with van der Waals surface area (Å²) < 4.78 is 5.20. The molecule has 0 amide bonds. The molecule has 21 heavy (non-hydrogen) atoms. The quantitative estimate of drug-likeness (QED) is 0.795. The number of aromatic nitrogens is 1. The first-order chi connectivity index (χ1) is 10.2. The van der Waals surface area contributed by atoms with Crippen LogP contribution in [-0.2, 0) is 0 Å². The van der Waals surface area contributed by atoms with Crippen LogP contribution in [0, 0.1) is 0 Å². The number of hydrogen-bond acceptors (Lipinski definition) is 3. The molecule has 2 aromatic carbocycles. The Morgan fingerprint density at radius 2 is 1.95 bits per heavy atom. The third-order valence-corrected chi connectivity index (χ3v) is 3.80. The summed E-state index contributed by atoms with van der Waals surface area (Å²) >= 11 is 6.02. The summed E-state index contributed by atoms with van der Waals surface area (Å²) in [5.41, 5.74) is 1.48. The normalized spacial score (nSPS) is 12.3. The summed E-state index contributed by atoms with van der Waals surface area (Å²) in [6.45, 7) is 0. The second-order valence-corrected chi connectivity index (χ2v) is 5.15. The van der Waals surface area contributed by atoms with E-state index in [9.17, 15) is 5.11 Å². The van der Waals surface area contributed by atoms with E-state index in [0.717, 1.165) is 21.9 Å². The molecular weight excluding hydrogens is 286 g/mol. The van der Waals surface area contributed by atoms with E-state index in [2.05, 4.69) is 4.98 Å². The molecule has 1 heterocycles. The van der Waals surface area contributed by atoms with Crippen LogP contribution in [0.15, 0.2) is 54.9 Å². The van der Waals surface area contributed by atoms with Gasteiger partial charge in [-0.15, -0.1) is 0 Å². The predicted octanol–water partition coefficient (Wildman–Crippen LogP) is 3.98. The second-order valence-electron chi connectivity index (χ2n) is 4.75. The second kappa shape index (κ2) is 5.72. The Kier molecular flexibility index (Phi) is 3.78. The van der Waals surface area contributed by atoms with E-state index in [0.29, 0.717) is 10.8 Å². The first-order valence-electron chi connectivity index (χ1n) is 6.55. The van der Waals surface area contributed by atoms with E-state index in [4.69, 9.17) is 16.3 Å². The standard InChI is InChI=1S/C17H14ClNO2/c1-21-16-8-11(6-7-15(16)18)17(20)14-10-19-9-12-4-2-3-5-13(12)14/h2-10,17,20H,1H3. The molecule has 106 valence electrons. The van der Waals surface area contributed by atoms with Crippen molar-refractivity contribution < 1.29 is 9.84 Å². The summed E-state index contributed by atoms with van der Waals surface area (Å²) in [6, 6.07) is 13.1. The number of halogens is 1. The van der Waals surface area contributed by atoms with Crippen LogP contribution in [-0.4, -0.2) is 17.2 Å². The Morgan fingerprint density at radius 1 is 1.14 bits per heavy atom. The first kappa shape index (κ1) is 13.9. The molecule has 0 saturated heterocycles. The van der Waals surface area contributed by atoms with Gasteiger partial charge in [0.1, 0.15) is 11.9 Å². The fourth-order valence-corrected chi connectivity index (χ4v) is 2.58. The van der Waals surface area contributed by atoms with Gasteiger partial charge in [0.25, 0.3) is 0 Å². The lowest BCUT2D eigenvalue weighted by Gasteiger charge is -2.15. The number of methoxy groups -OCH3 is 1. The molecule has 3 aromatic rings. The van der Waals surface area contributed by atoms with Gasteiger partial charge in [0, 0.05) is 23.3 Å². The summed E-state index contributed by atoms with van der Waals surface area (Å²) in [7, 11) is 1.55. The molecule has 0 bridgehead atoms. The number of aliphatic hydroxyl groups is 1. The van der Waals surface area contributed by atoms with Crippen molar-refractivity contribution in [2.75, 3.05) is 7.11 Å². The molecule has 0 radical (unpaired) electrons. The smallest absolute Gasteiger partial charge is 0.137 e. The summed E-state index contributed by atoms with van der Waals surface area (Å²) in [5, 5.41) is 13.2. The lowest BCUT2D eigenvalue weighted by molar-refractivity contribution is 0.221. The van der Waals surface area contributed by atoms with Gasteiger partial charge >= 0.3 is 0 Å². The molecule has 3 nitrogen and oxygen atoms in total. The van der Waals surface area contributed by atoms with Crippen molar-refractivity contribution in [2.45, 2.75) is 6.10 Å². The first-order valence-corrected chi connectivity index (χ1v) is 6.92. The molecule has 0 saturated carbocycles. The van der Waals surface area contributed by atoms with E-state index in [1.54, 1.807) is 37.7 Å². The van der Waals surface area contributed by atoms with Crippen molar-refractivity contribution in [2.24, 2.45) is 0 Å². The Morgan fingerprint density at radius 3 is 2.76 bits per heavy atom. The van der Waals surface area contributed by atoms with Gasteiger partial charge in [-0.1, -0.05) is 41.9 Å². The van der Waals surface area contributed by atoms with Crippen LogP contribution >= 0.6 is 11.6 Å². The molecule has 1 aromatic heterocycles. The molecule has 0 spiro atoms. The van der Waals surface area contributed by atoms with Crippen LogP contribution in [0.4, 0.5) is 0 Å². The van der Waals surface area contributed by atoms with Crippen molar-refractivity contribution in [3.05, 3.63) is 71.0 Å². The summed E-state index contributed by atoms with van der Waals surface area (Å²) in [5.74, 6) is 0.543. The Hall–Kier alpha value is -2.10. The van der Waals surface area contributed by atoms with Crippen molar-refractivity contribution in [3.63, 3.8) is 0 Å². The average Bonchev–Trinajstić information content (AvgIpc) is 2.54. The Labute approximate surface area is 127 Å². The maximum absolute atomic E-state index is 10.7. The highest BCUT2D eigenvalue weighted by Crippen LogP contribution is 2.32. The lowest BCUT2D eigenvalue weighted by Crippen LogP contribution is -2.02. The van der Waals surface area contributed by atoms with E-state index < -0.39 is 6.10 Å². The average molecular weight is 300 g/mol. The van der Waals surface area contributed by atoms with E-state index >= 15 is 0 Å². The Balaban J connectivity index is 2.10. The van der Waals surface area contributed by atoms with Gasteiger partial charge < -0.3 is 9.84 Å². The van der Waals surface area contributed by atoms with Gasteiger partial charge in [-0.25, -0.2) is 0 Å². The number of aliphatic hydroxyl groups excluding tert-OH is 1. The molecule has 1 unspecified atom stereocenters. The van der Waals surface area contributed by atoms with Gasteiger partial charge in [0.15, 0.2) is 0 Å². The number of hydrogen-bond donors (Lipinski definition) is 1. The molecule has 3 rings (SSSR count). The molecule has 0 fully saturated rings. The highest BCUT2D eigenvalue weighted by molar-refractivity contribution is 6.32. The molecular formula is C17H14ClNO2. The zero-order valence-electron chi connectivity index (χ0n) is 11.5. The molecule has 0 aliphatic heterocycles. The summed E-state index contributed by atoms with van der Waals surface area (Å²) in [6.07, 6.45) is 2.69. The van der Waals surface area contributed by atoms with Crippen LogP contribution in [0.5, 0.6) is 5.75 Å². The zero-order chi connectivity index (χ0) is 14.8. The molecule has 1 N–H and O–H groups in total. The number of nitrogens with zero attached hydrogens (tertiary/aromatic N) is 1. The number of pyridine rings is 1. The predicted molar refractivity (Wildman–Crippen MR) is 83.8 cm³/mol. The van der Waals surface area contributed by atoms with Gasteiger partial charge in [0.2, 0.25) is 0 Å². The minimum absolute atomic E-state index is 0.518. The zero-order valence-corrected chi connectivity index (χ0v) is 12.2. The van der Waals surface area contributed by atoms with Gasteiger partial charge in [0.05, 0.1) is 12.1 Å². The monoisotopic (exact) mass is 299 g/mol. The third-order valence-electron chi connectivity index (χ3n) is 3.48. The number of ether oxygens (including phenoxy) is 1. The highest BCUT2D eigenvalue weighted by Gasteiger charge is 2.15. The van der Waals surface area contributed by atoms with Crippen LogP contribution in [0.2, 0.25) is 5.02 Å². The molecule has 0 aliphatic rings. The summed E-state index contributed by atoms with van der Waals surface area (Å²) in [4.78, 5) is 4.20. The topological polar surface area (TPSA) is 42.4 Å². The maximum atomic E-state index is 10.7. The lowest BCUT2D eigenvalue weighted by atomic mass is 9.98. The van der Waals surface area contributed by atoms with Crippen molar-refractivity contribution in [1.29, 1.82) is 0 Å². The minimum atomic E-state index is -0.783. The van der Waals surface area contributed by atoms with Gasteiger partial charge in [-0.3, -0.25) is 4.98 Å². The number of benzene rings is 2. The maximum Gasteiger partial charge on any atom is 0.137 e. The Bertz CT molecular complexity index is 783. The van der Waals surface area contributed by atoms with Crippen LogP contribution in [0.1, 0.15) is 17.2 Å².